The van der Waals surface area contributed by atoms with Crippen molar-refractivity contribution in [1.29, 1.82) is 0 Å². The van der Waals surface area contributed by atoms with E-state index in [-0.39, 0.29) is 5.28 Å². The van der Waals surface area contributed by atoms with Gasteiger partial charge in [0.15, 0.2) is 0 Å². The molecule has 1 fully saturated rings. The lowest BCUT2D eigenvalue weighted by Gasteiger charge is -2.16. The van der Waals surface area contributed by atoms with Gasteiger partial charge in [-0.15, -0.1) is 0 Å². The fourth-order valence-corrected chi connectivity index (χ4v) is 2.41. The van der Waals surface area contributed by atoms with Crippen LogP contribution < -0.4 is 5.32 Å². The van der Waals surface area contributed by atoms with Crippen LogP contribution in [-0.4, -0.2) is 41.0 Å². The molecule has 1 N–H and O–H groups in total. The molecule has 1 saturated carbocycles. The van der Waals surface area contributed by atoms with Gasteiger partial charge in [-0.25, -0.2) is 9.97 Å². The first kappa shape index (κ1) is 12.6. The van der Waals surface area contributed by atoms with Crippen molar-refractivity contribution in [3.63, 3.8) is 0 Å². The number of nitrogens with one attached hydrogen (secondary N) is 1. The quantitative estimate of drug-likeness (QED) is 0.853. The summed E-state index contributed by atoms with van der Waals surface area (Å²) in [5.74, 6) is 0.819. The second kappa shape index (κ2) is 5.31. The minimum absolute atomic E-state index is 0.289. The largest absolute Gasteiger partial charge is 0.368 e. The lowest BCUT2D eigenvalue weighted by atomic mass is 10.2. The molecule has 0 unspecified atom stereocenters. The molecule has 5 heteroatoms. The highest BCUT2D eigenvalue weighted by molar-refractivity contribution is 6.28. The van der Waals surface area contributed by atoms with Crippen LogP contribution in [0.15, 0.2) is 24.3 Å². The third-order valence-electron chi connectivity index (χ3n) is 3.50. The van der Waals surface area contributed by atoms with Gasteiger partial charge in [0.25, 0.3) is 0 Å². The number of anilines is 1. The van der Waals surface area contributed by atoms with Crippen molar-refractivity contribution in [3.8, 4) is 0 Å². The number of rotatable bonds is 5. The van der Waals surface area contributed by atoms with Gasteiger partial charge < -0.3 is 10.2 Å². The maximum atomic E-state index is 5.95. The predicted octanol–water partition coefficient (Wildman–Crippen LogP) is 2.79. The fourth-order valence-electron chi connectivity index (χ4n) is 2.23. The van der Waals surface area contributed by atoms with Crippen LogP contribution in [-0.2, 0) is 0 Å². The van der Waals surface area contributed by atoms with Gasteiger partial charge in [-0.05, 0) is 43.6 Å². The van der Waals surface area contributed by atoms with Gasteiger partial charge >= 0.3 is 0 Å². The second-order valence-corrected chi connectivity index (χ2v) is 5.34. The molecule has 1 heterocycles. The minimum atomic E-state index is 0.289. The average Bonchev–Trinajstić information content (AvgIpc) is 3.22. The molecule has 1 aromatic carbocycles. The highest BCUT2D eigenvalue weighted by atomic mass is 35.5. The summed E-state index contributed by atoms with van der Waals surface area (Å²) in [7, 11) is 2.17. The Kier molecular flexibility index (Phi) is 3.53. The molecule has 0 spiro atoms. The normalized spacial score (nSPS) is 15.1. The van der Waals surface area contributed by atoms with E-state index in [1.807, 2.05) is 24.3 Å². The van der Waals surface area contributed by atoms with Crippen molar-refractivity contribution >= 4 is 28.3 Å². The van der Waals surface area contributed by atoms with E-state index >= 15 is 0 Å². The van der Waals surface area contributed by atoms with Gasteiger partial charge in [0.2, 0.25) is 5.28 Å². The molecule has 1 aliphatic carbocycles. The third kappa shape index (κ3) is 2.96. The van der Waals surface area contributed by atoms with Crippen molar-refractivity contribution in [2.75, 3.05) is 25.5 Å². The zero-order valence-electron chi connectivity index (χ0n) is 10.9. The molecule has 0 atom stereocenters. The number of aromatic nitrogens is 2. The van der Waals surface area contributed by atoms with Gasteiger partial charge in [-0.2, -0.15) is 0 Å². The maximum Gasteiger partial charge on any atom is 0.224 e. The molecule has 1 aliphatic rings. The van der Waals surface area contributed by atoms with Crippen LogP contribution in [0.1, 0.15) is 12.8 Å². The highest BCUT2D eigenvalue weighted by Crippen LogP contribution is 2.25. The molecule has 3 rings (SSSR count). The summed E-state index contributed by atoms with van der Waals surface area (Å²) in [6.45, 7) is 1.88. The van der Waals surface area contributed by atoms with Gasteiger partial charge in [0.1, 0.15) is 5.82 Å². The van der Waals surface area contributed by atoms with Crippen LogP contribution in [0.2, 0.25) is 5.28 Å². The Labute approximate surface area is 117 Å². The van der Waals surface area contributed by atoms with Crippen LogP contribution in [0.25, 0.3) is 10.9 Å². The van der Waals surface area contributed by atoms with Crippen LogP contribution >= 0.6 is 11.6 Å². The van der Waals surface area contributed by atoms with E-state index in [0.29, 0.717) is 0 Å². The summed E-state index contributed by atoms with van der Waals surface area (Å²) in [6, 6.07) is 8.69. The van der Waals surface area contributed by atoms with Crippen molar-refractivity contribution in [3.05, 3.63) is 29.5 Å². The fraction of sp³-hybridized carbons (Fsp3) is 0.429. The summed E-state index contributed by atoms with van der Waals surface area (Å²) in [5, 5.41) is 4.67. The summed E-state index contributed by atoms with van der Waals surface area (Å²) < 4.78 is 0. The zero-order valence-corrected chi connectivity index (χ0v) is 11.7. The Morgan fingerprint density at radius 2 is 2.11 bits per heavy atom. The number of hydrogen-bond acceptors (Lipinski definition) is 4. The second-order valence-electron chi connectivity index (χ2n) is 5.00. The molecule has 0 aliphatic heterocycles. The first-order chi connectivity index (χ1) is 9.24. The number of halogens is 1. The number of likely N-dealkylation sites (N-methyl/N-ethyl adjacent to an activating group) is 1. The molecular weight excluding hydrogens is 260 g/mol. The molecule has 4 nitrogen and oxygen atoms in total. The van der Waals surface area contributed by atoms with E-state index in [9.17, 15) is 0 Å². The predicted molar refractivity (Wildman–Crippen MR) is 78.7 cm³/mol. The number of benzene rings is 1. The number of nitrogens with zero attached hydrogens (tertiary/aromatic N) is 3. The Hall–Kier alpha value is -1.39. The number of fused-ring (bicyclic) bond motifs is 1. The van der Waals surface area contributed by atoms with Gasteiger partial charge in [0, 0.05) is 24.5 Å². The van der Waals surface area contributed by atoms with E-state index in [4.69, 9.17) is 11.6 Å². The summed E-state index contributed by atoms with van der Waals surface area (Å²) in [4.78, 5) is 10.9. The molecule has 100 valence electrons. The molecule has 0 amide bonds. The number of para-hydroxylation sites is 1. The van der Waals surface area contributed by atoms with Crippen molar-refractivity contribution in [1.82, 2.24) is 14.9 Å². The lowest BCUT2D eigenvalue weighted by Crippen LogP contribution is -2.27. The van der Waals surface area contributed by atoms with E-state index in [2.05, 4.69) is 27.2 Å². The third-order valence-corrected chi connectivity index (χ3v) is 3.67. The minimum Gasteiger partial charge on any atom is -0.368 e. The summed E-state index contributed by atoms with van der Waals surface area (Å²) in [6.07, 6.45) is 2.66. The van der Waals surface area contributed by atoms with E-state index in [1.165, 1.54) is 12.8 Å². The highest BCUT2D eigenvalue weighted by Gasteiger charge is 2.25. The van der Waals surface area contributed by atoms with E-state index < -0.39 is 0 Å². The van der Waals surface area contributed by atoms with Gasteiger partial charge in [-0.3, -0.25) is 0 Å². The molecule has 19 heavy (non-hydrogen) atoms. The molecule has 0 bridgehead atoms. The summed E-state index contributed by atoms with van der Waals surface area (Å²) in [5.41, 5.74) is 0.876. The van der Waals surface area contributed by atoms with Gasteiger partial charge in [0.05, 0.1) is 5.52 Å². The molecular formula is C14H17ClN4. The smallest absolute Gasteiger partial charge is 0.224 e. The number of hydrogen-bond donors (Lipinski definition) is 1. The molecule has 0 radical (unpaired) electrons. The van der Waals surface area contributed by atoms with Crippen LogP contribution in [0.5, 0.6) is 0 Å². The van der Waals surface area contributed by atoms with E-state index in [1.54, 1.807) is 0 Å². The SMILES string of the molecule is CN(CCNc1nc(Cl)nc2ccccc12)C1CC1. The first-order valence-corrected chi connectivity index (χ1v) is 6.98. The maximum absolute atomic E-state index is 5.95. The Balaban J connectivity index is 1.72. The topological polar surface area (TPSA) is 41.0 Å². The Morgan fingerprint density at radius 3 is 2.89 bits per heavy atom. The van der Waals surface area contributed by atoms with Crippen LogP contribution in [0.4, 0.5) is 5.82 Å². The standard InChI is InChI=1S/C14H17ClN4/c1-19(10-6-7-10)9-8-16-13-11-4-2-3-5-12(11)17-14(15)18-13/h2-5,10H,6-9H2,1H3,(H,16,17,18). The van der Waals surface area contributed by atoms with Crippen molar-refractivity contribution in [2.24, 2.45) is 0 Å². The van der Waals surface area contributed by atoms with Gasteiger partial charge in [-0.1, -0.05) is 12.1 Å². The average molecular weight is 277 g/mol. The summed E-state index contributed by atoms with van der Waals surface area (Å²) >= 11 is 5.95. The monoisotopic (exact) mass is 276 g/mol. The first-order valence-electron chi connectivity index (χ1n) is 6.60. The molecule has 0 saturated heterocycles. The molecule has 1 aromatic heterocycles. The zero-order chi connectivity index (χ0) is 13.2. The van der Waals surface area contributed by atoms with Crippen molar-refractivity contribution < 1.29 is 0 Å². The van der Waals surface area contributed by atoms with Crippen molar-refractivity contribution in [2.45, 2.75) is 18.9 Å². The van der Waals surface area contributed by atoms with E-state index in [0.717, 1.165) is 35.9 Å². The molecule has 2 aromatic rings. The Morgan fingerprint density at radius 1 is 1.32 bits per heavy atom. The lowest BCUT2D eigenvalue weighted by molar-refractivity contribution is 0.337. The Bertz CT molecular complexity index is 583. The van der Waals surface area contributed by atoms with Crippen LogP contribution in [0, 0.1) is 0 Å². The van der Waals surface area contributed by atoms with Crippen LogP contribution in [0.3, 0.4) is 0 Å².